The van der Waals surface area contributed by atoms with Crippen LogP contribution in [0.15, 0.2) is 60.7 Å². The van der Waals surface area contributed by atoms with E-state index in [-0.39, 0.29) is 0 Å². The van der Waals surface area contributed by atoms with E-state index in [9.17, 15) is 0 Å². The first-order chi connectivity index (χ1) is 9.92. The lowest BCUT2D eigenvalue weighted by Crippen LogP contribution is -2.41. The standard InChI is InChI=1S/C18H22N2/c1-3-7-15(8-4-1)14-20-17-11-12-19-18(13-17)16-9-5-2-6-10-16/h1-10,17-20H,11-14H2. The zero-order chi connectivity index (χ0) is 13.6. The molecule has 104 valence electrons. The van der Waals surface area contributed by atoms with Crippen LogP contribution in [0.4, 0.5) is 0 Å². The van der Waals surface area contributed by atoms with Gasteiger partial charge < -0.3 is 10.6 Å². The fourth-order valence-corrected chi connectivity index (χ4v) is 2.90. The normalized spacial score (nSPS) is 22.6. The molecule has 2 aromatic carbocycles. The minimum atomic E-state index is 0.484. The van der Waals surface area contributed by atoms with E-state index in [1.807, 2.05) is 0 Å². The summed E-state index contributed by atoms with van der Waals surface area (Å²) < 4.78 is 0. The lowest BCUT2D eigenvalue weighted by Gasteiger charge is -2.31. The molecule has 3 rings (SSSR count). The third kappa shape index (κ3) is 3.47. The lowest BCUT2D eigenvalue weighted by molar-refractivity contribution is 0.322. The molecule has 1 heterocycles. The van der Waals surface area contributed by atoms with Crippen molar-refractivity contribution in [1.29, 1.82) is 0 Å². The Labute approximate surface area is 121 Å². The van der Waals surface area contributed by atoms with Crippen LogP contribution in [-0.4, -0.2) is 12.6 Å². The highest BCUT2D eigenvalue weighted by Crippen LogP contribution is 2.23. The van der Waals surface area contributed by atoms with Gasteiger partial charge >= 0.3 is 0 Å². The molecule has 0 radical (unpaired) electrons. The van der Waals surface area contributed by atoms with Gasteiger partial charge in [-0.1, -0.05) is 60.7 Å². The molecule has 1 aliphatic rings. The molecule has 2 heteroatoms. The van der Waals surface area contributed by atoms with Gasteiger partial charge in [0.05, 0.1) is 0 Å². The Bertz CT molecular complexity index is 509. The summed E-state index contributed by atoms with van der Waals surface area (Å²) in [6.07, 6.45) is 2.37. The Morgan fingerprint density at radius 1 is 0.950 bits per heavy atom. The first-order valence-electron chi connectivity index (χ1n) is 7.47. The van der Waals surface area contributed by atoms with Crippen molar-refractivity contribution in [3.8, 4) is 0 Å². The molecule has 1 aliphatic heterocycles. The summed E-state index contributed by atoms with van der Waals surface area (Å²) in [6.45, 7) is 2.05. The maximum Gasteiger partial charge on any atom is 0.0335 e. The van der Waals surface area contributed by atoms with Crippen molar-refractivity contribution in [3.05, 3.63) is 71.8 Å². The SMILES string of the molecule is c1ccc(CNC2CCNC(c3ccccc3)C2)cc1. The summed E-state index contributed by atoms with van der Waals surface area (Å²) in [4.78, 5) is 0. The molecule has 0 bridgehead atoms. The molecule has 20 heavy (non-hydrogen) atoms. The summed E-state index contributed by atoms with van der Waals surface area (Å²) >= 11 is 0. The second-order valence-electron chi connectivity index (χ2n) is 5.51. The van der Waals surface area contributed by atoms with E-state index in [4.69, 9.17) is 0 Å². The van der Waals surface area contributed by atoms with Gasteiger partial charge in [0.15, 0.2) is 0 Å². The van der Waals surface area contributed by atoms with Gasteiger partial charge in [-0.3, -0.25) is 0 Å². The molecular formula is C18H22N2. The van der Waals surface area contributed by atoms with Crippen molar-refractivity contribution in [1.82, 2.24) is 10.6 Å². The van der Waals surface area contributed by atoms with Crippen molar-refractivity contribution in [3.63, 3.8) is 0 Å². The average molecular weight is 266 g/mol. The smallest absolute Gasteiger partial charge is 0.0335 e. The van der Waals surface area contributed by atoms with Crippen molar-refractivity contribution in [2.24, 2.45) is 0 Å². The minimum absolute atomic E-state index is 0.484. The molecule has 1 saturated heterocycles. The largest absolute Gasteiger partial charge is 0.310 e. The van der Waals surface area contributed by atoms with Crippen molar-refractivity contribution < 1.29 is 0 Å². The van der Waals surface area contributed by atoms with E-state index >= 15 is 0 Å². The van der Waals surface area contributed by atoms with E-state index in [1.54, 1.807) is 0 Å². The van der Waals surface area contributed by atoms with E-state index < -0.39 is 0 Å². The van der Waals surface area contributed by atoms with Gasteiger partial charge in [-0.15, -0.1) is 0 Å². The third-order valence-electron chi connectivity index (χ3n) is 4.04. The Kier molecular flexibility index (Phi) is 4.46. The number of hydrogen-bond acceptors (Lipinski definition) is 2. The summed E-state index contributed by atoms with van der Waals surface area (Å²) in [5.41, 5.74) is 2.76. The molecular weight excluding hydrogens is 244 g/mol. The first kappa shape index (κ1) is 13.3. The van der Waals surface area contributed by atoms with Crippen LogP contribution >= 0.6 is 0 Å². The second kappa shape index (κ2) is 6.69. The molecule has 0 spiro atoms. The maximum atomic E-state index is 3.70. The molecule has 0 saturated carbocycles. The zero-order valence-electron chi connectivity index (χ0n) is 11.8. The number of benzene rings is 2. The topological polar surface area (TPSA) is 24.1 Å². The molecule has 2 N–H and O–H groups in total. The number of nitrogens with one attached hydrogen (secondary N) is 2. The Balaban J connectivity index is 1.56. The van der Waals surface area contributed by atoms with Crippen LogP contribution < -0.4 is 10.6 Å². The highest BCUT2D eigenvalue weighted by molar-refractivity contribution is 5.20. The van der Waals surface area contributed by atoms with Gasteiger partial charge in [-0.05, 0) is 30.5 Å². The van der Waals surface area contributed by atoms with Gasteiger partial charge in [0.1, 0.15) is 0 Å². The summed E-state index contributed by atoms with van der Waals surface area (Å²) in [5.74, 6) is 0. The predicted octanol–water partition coefficient (Wildman–Crippen LogP) is 3.27. The van der Waals surface area contributed by atoms with Crippen LogP contribution in [0.1, 0.15) is 30.0 Å². The van der Waals surface area contributed by atoms with Crippen LogP contribution in [-0.2, 0) is 6.54 Å². The molecule has 1 fully saturated rings. The van der Waals surface area contributed by atoms with E-state index in [0.717, 1.165) is 19.5 Å². The monoisotopic (exact) mass is 266 g/mol. The number of rotatable bonds is 4. The Hall–Kier alpha value is -1.64. The third-order valence-corrected chi connectivity index (χ3v) is 4.04. The number of hydrogen-bond donors (Lipinski definition) is 2. The van der Waals surface area contributed by atoms with Crippen LogP contribution in [0.25, 0.3) is 0 Å². The first-order valence-corrected chi connectivity index (χ1v) is 7.47. The lowest BCUT2D eigenvalue weighted by atomic mass is 9.93. The van der Waals surface area contributed by atoms with Gasteiger partial charge in [0.25, 0.3) is 0 Å². The summed E-state index contributed by atoms with van der Waals surface area (Å²) in [5, 5.41) is 7.32. The Morgan fingerprint density at radius 2 is 1.65 bits per heavy atom. The highest BCUT2D eigenvalue weighted by atomic mass is 15.0. The van der Waals surface area contributed by atoms with Crippen LogP contribution in [0.3, 0.4) is 0 Å². The van der Waals surface area contributed by atoms with Crippen LogP contribution in [0.2, 0.25) is 0 Å². The van der Waals surface area contributed by atoms with Crippen molar-refractivity contribution in [2.75, 3.05) is 6.54 Å². The zero-order valence-corrected chi connectivity index (χ0v) is 11.8. The fraction of sp³-hybridized carbons (Fsp3) is 0.333. The molecule has 2 unspecified atom stereocenters. The second-order valence-corrected chi connectivity index (χ2v) is 5.51. The minimum Gasteiger partial charge on any atom is -0.310 e. The summed E-state index contributed by atoms with van der Waals surface area (Å²) in [6, 6.07) is 22.5. The summed E-state index contributed by atoms with van der Waals surface area (Å²) in [7, 11) is 0. The molecule has 0 amide bonds. The van der Waals surface area contributed by atoms with E-state index in [2.05, 4.69) is 71.3 Å². The maximum absolute atomic E-state index is 3.70. The van der Waals surface area contributed by atoms with Gasteiger partial charge in [-0.2, -0.15) is 0 Å². The van der Waals surface area contributed by atoms with Crippen molar-refractivity contribution >= 4 is 0 Å². The van der Waals surface area contributed by atoms with Gasteiger partial charge in [0.2, 0.25) is 0 Å². The molecule has 0 aliphatic carbocycles. The van der Waals surface area contributed by atoms with Gasteiger partial charge in [-0.25, -0.2) is 0 Å². The van der Waals surface area contributed by atoms with Crippen LogP contribution in [0, 0.1) is 0 Å². The Morgan fingerprint density at radius 3 is 2.40 bits per heavy atom. The van der Waals surface area contributed by atoms with E-state index in [1.165, 1.54) is 17.5 Å². The van der Waals surface area contributed by atoms with E-state index in [0.29, 0.717) is 12.1 Å². The van der Waals surface area contributed by atoms with Crippen molar-refractivity contribution in [2.45, 2.75) is 31.5 Å². The van der Waals surface area contributed by atoms with Gasteiger partial charge in [0, 0.05) is 18.6 Å². The number of piperidine rings is 1. The fourth-order valence-electron chi connectivity index (χ4n) is 2.90. The highest BCUT2D eigenvalue weighted by Gasteiger charge is 2.21. The molecule has 2 atom stereocenters. The average Bonchev–Trinajstić information content (AvgIpc) is 2.55. The molecule has 0 aromatic heterocycles. The predicted molar refractivity (Wildman–Crippen MR) is 83.5 cm³/mol. The van der Waals surface area contributed by atoms with Crippen LogP contribution in [0.5, 0.6) is 0 Å². The quantitative estimate of drug-likeness (QED) is 0.887. The molecule has 2 aromatic rings. The molecule has 2 nitrogen and oxygen atoms in total.